The molecule has 0 amide bonds. The number of ether oxygens (including phenoxy) is 5. The van der Waals surface area contributed by atoms with Gasteiger partial charge in [-0.15, -0.1) is 12.6 Å². The summed E-state index contributed by atoms with van der Waals surface area (Å²) in [5.41, 5.74) is 0.818. The predicted molar refractivity (Wildman–Crippen MR) is 161 cm³/mol. The van der Waals surface area contributed by atoms with E-state index >= 15 is 0 Å². The van der Waals surface area contributed by atoms with E-state index in [0.29, 0.717) is 5.75 Å². The highest BCUT2D eigenvalue weighted by Gasteiger charge is 2.52. The van der Waals surface area contributed by atoms with Crippen molar-refractivity contribution in [2.45, 2.75) is 36.8 Å². The van der Waals surface area contributed by atoms with Gasteiger partial charge in [0.05, 0.1) is 16.7 Å². The first-order valence-electron chi connectivity index (χ1n) is 13.7. The fourth-order valence-electron chi connectivity index (χ4n) is 4.54. The first kappa shape index (κ1) is 29.9. The molecule has 1 aliphatic rings. The molecule has 5 atom stereocenters. The molecule has 0 N–H and O–H groups in total. The van der Waals surface area contributed by atoms with Crippen LogP contribution in [0, 0.1) is 6.92 Å². The Hall–Kier alpha value is -4.60. The van der Waals surface area contributed by atoms with E-state index in [4.69, 9.17) is 23.7 Å². The van der Waals surface area contributed by atoms with Crippen LogP contribution in [0.15, 0.2) is 115 Å². The van der Waals surface area contributed by atoms with Gasteiger partial charge in [-0.3, -0.25) is 0 Å². The van der Waals surface area contributed by atoms with Crippen LogP contribution >= 0.6 is 12.6 Å². The van der Waals surface area contributed by atoms with Gasteiger partial charge in [-0.25, -0.2) is 14.4 Å². The Morgan fingerprint density at radius 2 is 1.02 bits per heavy atom. The van der Waals surface area contributed by atoms with Crippen LogP contribution in [-0.2, 0) is 18.9 Å². The fourth-order valence-corrected chi connectivity index (χ4v) is 4.93. The summed E-state index contributed by atoms with van der Waals surface area (Å²) in [6.45, 7) is 1.88. The average molecular weight is 599 g/mol. The minimum Gasteiger partial charge on any atom is -0.491 e. The standard InChI is InChI=1S/C34H30O8S/c1-22-17-19-26(20-18-22)38-21-27-28(40-31(35)23-11-5-2-6-12-23)29(41-32(36)24-13-7-3-8-14-24)30(34(43)39-27)42-33(37)25-15-9-4-10-16-25/h2-20,27-30,34,43H,21H2,1H3/t27-,28+,29+,30-,34+/m1/s1. The molecule has 220 valence electrons. The number of carbonyl (C=O) groups is 3. The van der Waals surface area contributed by atoms with Crippen molar-refractivity contribution in [3.63, 3.8) is 0 Å². The van der Waals surface area contributed by atoms with Gasteiger partial charge in [-0.2, -0.15) is 0 Å². The minimum absolute atomic E-state index is 0.0778. The Bertz CT molecular complexity index is 1510. The van der Waals surface area contributed by atoms with Crippen molar-refractivity contribution in [3.05, 3.63) is 138 Å². The van der Waals surface area contributed by atoms with Crippen LogP contribution in [0.5, 0.6) is 5.75 Å². The molecule has 0 saturated carbocycles. The van der Waals surface area contributed by atoms with Crippen LogP contribution < -0.4 is 4.74 Å². The van der Waals surface area contributed by atoms with Crippen LogP contribution in [0.1, 0.15) is 36.6 Å². The lowest BCUT2D eigenvalue weighted by Crippen LogP contribution is -2.61. The lowest BCUT2D eigenvalue weighted by Gasteiger charge is -2.43. The number of esters is 3. The number of thiol groups is 1. The van der Waals surface area contributed by atoms with E-state index in [9.17, 15) is 14.4 Å². The van der Waals surface area contributed by atoms with Gasteiger partial charge in [0, 0.05) is 0 Å². The molecule has 0 radical (unpaired) electrons. The lowest BCUT2D eigenvalue weighted by atomic mass is 9.98. The molecule has 0 spiro atoms. The number of benzene rings is 4. The summed E-state index contributed by atoms with van der Waals surface area (Å²) in [5.74, 6) is -1.50. The Kier molecular flexibility index (Phi) is 9.76. The van der Waals surface area contributed by atoms with Crippen LogP contribution in [0.25, 0.3) is 0 Å². The van der Waals surface area contributed by atoms with Crippen molar-refractivity contribution >= 4 is 30.5 Å². The zero-order valence-corrected chi connectivity index (χ0v) is 24.2. The van der Waals surface area contributed by atoms with E-state index in [2.05, 4.69) is 12.6 Å². The van der Waals surface area contributed by atoms with Crippen molar-refractivity contribution in [1.82, 2.24) is 0 Å². The van der Waals surface area contributed by atoms with Crippen LogP contribution in [0.3, 0.4) is 0 Å². The van der Waals surface area contributed by atoms with E-state index in [1.807, 2.05) is 19.1 Å². The summed E-state index contributed by atoms with van der Waals surface area (Å²) in [6, 6.07) is 32.5. The highest BCUT2D eigenvalue weighted by Crippen LogP contribution is 2.32. The molecule has 1 aliphatic heterocycles. The quantitative estimate of drug-likeness (QED) is 0.149. The third kappa shape index (κ3) is 7.63. The highest BCUT2D eigenvalue weighted by molar-refractivity contribution is 7.80. The number of rotatable bonds is 9. The van der Waals surface area contributed by atoms with Crippen LogP contribution in [-0.4, -0.2) is 54.4 Å². The topological polar surface area (TPSA) is 97.4 Å². The molecule has 1 saturated heterocycles. The first-order valence-corrected chi connectivity index (χ1v) is 14.2. The largest absolute Gasteiger partial charge is 0.491 e. The molecule has 43 heavy (non-hydrogen) atoms. The predicted octanol–water partition coefficient (Wildman–Crippen LogP) is 5.71. The van der Waals surface area contributed by atoms with Gasteiger partial charge < -0.3 is 23.7 Å². The van der Waals surface area contributed by atoms with Gasteiger partial charge in [0.2, 0.25) is 0 Å². The minimum atomic E-state index is -1.30. The molecule has 4 aromatic rings. The normalized spacial score (nSPS) is 21.3. The fraction of sp³-hybridized carbons (Fsp3) is 0.206. The van der Waals surface area contributed by atoms with Gasteiger partial charge in [-0.05, 0) is 55.5 Å². The maximum absolute atomic E-state index is 13.3. The molecule has 0 aromatic heterocycles. The first-order chi connectivity index (χ1) is 20.9. The molecule has 5 rings (SSSR count). The van der Waals surface area contributed by atoms with Crippen molar-refractivity contribution in [3.8, 4) is 5.75 Å². The van der Waals surface area contributed by atoms with Gasteiger partial charge in [0.1, 0.15) is 23.9 Å². The molecular formula is C34H30O8S. The van der Waals surface area contributed by atoms with Crippen molar-refractivity contribution in [2.24, 2.45) is 0 Å². The molecule has 8 nitrogen and oxygen atoms in total. The number of hydrogen-bond donors (Lipinski definition) is 1. The lowest BCUT2D eigenvalue weighted by molar-refractivity contribution is -0.205. The Morgan fingerprint density at radius 3 is 1.49 bits per heavy atom. The number of hydrogen-bond acceptors (Lipinski definition) is 9. The second-order valence-electron chi connectivity index (χ2n) is 9.90. The van der Waals surface area contributed by atoms with Crippen molar-refractivity contribution in [2.75, 3.05) is 6.61 Å². The summed E-state index contributed by atoms with van der Waals surface area (Å²) < 4.78 is 29.9. The van der Waals surface area contributed by atoms with Crippen LogP contribution in [0.4, 0.5) is 0 Å². The molecular weight excluding hydrogens is 568 g/mol. The molecule has 0 unspecified atom stereocenters. The summed E-state index contributed by atoms with van der Waals surface area (Å²) >= 11 is 4.58. The van der Waals surface area contributed by atoms with E-state index in [1.54, 1.807) is 103 Å². The van der Waals surface area contributed by atoms with Gasteiger partial charge in [0.25, 0.3) is 0 Å². The number of carbonyl (C=O) groups excluding carboxylic acids is 3. The molecule has 0 bridgehead atoms. The van der Waals surface area contributed by atoms with E-state index in [-0.39, 0.29) is 23.3 Å². The van der Waals surface area contributed by atoms with Gasteiger partial charge in [-0.1, -0.05) is 72.3 Å². The second kappa shape index (κ2) is 14.0. The third-order valence-electron chi connectivity index (χ3n) is 6.80. The van der Waals surface area contributed by atoms with E-state index in [1.165, 1.54) is 0 Å². The summed E-state index contributed by atoms with van der Waals surface area (Å²) in [6.07, 6.45) is -4.72. The maximum Gasteiger partial charge on any atom is 0.338 e. The monoisotopic (exact) mass is 598 g/mol. The Morgan fingerprint density at radius 1 is 0.605 bits per heavy atom. The summed E-state index contributed by atoms with van der Waals surface area (Å²) in [4.78, 5) is 39.8. The van der Waals surface area contributed by atoms with Crippen LogP contribution in [0.2, 0.25) is 0 Å². The second-order valence-corrected chi connectivity index (χ2v) is 10.4. The van der Waals surface area contributed by atoms with E-state index < -0.39 is 47.8 Å². The zero-order valence-electron chi connectivity index (χ0n) is 23.3. The molecule has 9 heteroatoms. The van der Waals surface area contributed by atoms with Crippen molar-refractivity contribution in [1.29, 1.82) is 0 Å². The summed E-state index contributed by atoms with van der Waals surface area (Å²) in [5, 5.41) is 0. The molecule has 1 fully saturated rings. The van der Waals surface area contributed by atoms with Gasteiger partial charge >= 0.3 is 17.9 Å². The average Bonchev–Trinajstić information content (AvgIpc) is 3.04. The Balaban J connectivity index is 1.48. The summed E-state index contributed by atoms with van der Waals surface area (Å²) in [7, 11) is 0. The molecule has 4 aromatic carbocycles. The highest BCUT2D eigenvalue weighted by atomic mass is 32.1. The SMILES string of the molecule is Cc1ccc(OC[C@H]2O[C@@H](S)[C@H](OC(=O)c3ccccc3)[C@@H](OC(=O)c3ccccc3)[C@H]2OC(=O)c2ccccc2)cc1. The van der Waals surface area contributed by atoms with E-state index in [0.717, 1.165) is 5.56 Å². The van der Waals surface area contributed by atoms with Crippen molar-refractivity contribution < 1.29 is 38.1 Å². The smallest absolute Gasteiger partial charge is 0.338 e. The van der Waals surface area contributed by atoms with Gasteiger partial charge in [0.15, 0.2) is 18.3 Å². The molecule has 0 aliphatic carbocycles. The molecule has 1 heterocycles. The number of aryl methyl sites for hydroxylation is 1. The maximum atomic E-state index is 13.3. The third-order valence-corrected chi connectivity index (χ3v) is 7.22. The zero-order chi connectivity index (χ0) is 30.2. The Labute approximate surface area is 254 Å².